The van der Waals surface area contributed by atoms with Gasteiger partial charge >= 0.3 is 0 Å². The van der Waals surface area contributed by atoms with Gasteiger partial charge in [-0.3, -0.25) is 9.59 Å². The molecule has 130 valence electrons. The maximum atomic E-state index is 12.8. The number of hydrogen-bond donors (Lipinski definition) is 1. The Bertz CT molecular complexity index is 782. The highest BCUT2D eigenvalue weighted by atomic mass is 35.5. The molecule has 25 heavy (non-hydrogen) atoms. The molecule has 1 aliphatic rings. The highest BCUT2D eigenvalue weighted by molar-refractivity contribution is 6.34. The van der Waals surface area contributed by atoms with Crippen molar-refractivity contribution in [3.05, 3.63) is 64.2 Å². The molecule has 0 radical (unpaired) electrons. The first kappa shape index (κ1) is 17.5. The summed E-state index contributed by atoms with van der Waals surface area (Å²) in [6.45, 7) is 4.32. The van der Waals surface area contributed by atoms with E-state index in [2.05, 4.69) is 5.32 Å². The number of carbonyl (C=O) groups excluding carboxylic acids is 2. The van der Waals surface area contributed by atoms with Crippen molar-refractivity contribution in [1.29, 1.82) is 0 Å². The quantitative estimate of drug-likeness (QED) is 0.897. The van der Waals surface area contributed by atoms with E-state index in [0.29, 0.717) is 30.1 Å². The van der Waals surface area contributed by atoms with Gasteiger partial charge in [0.1, 0.15) is 6.04 Å². The second-order valence-corrected chi connectivity index (χ2v) is 6.90. The largest absolute Gasteiger partial charge is 0.326 e. The number of amides is 2. The molecule has 1 N–H and O–H groups in total. The van der Waals surface area contributed by atoms with Gasteiger partial charge in [-0.05, 0) is 43.0 Å². The van der Waals surface area contributed by atoms with Crippen molar-refractivity contribution in [2.45, 2.75) is 39.3 Å². The van der Waals surface area contributed by atoms with Gasteiger partial charge in [0.2, 0.25) is 11.8 Å². The first-order valence-corrected chi connectivity index (χ1v) is 8.74. The van der Waals surface area contributed by atoms with Crippen molar-refractivity contribution in [2.24, 2.45) is 0 Å². The third kappa shape index (κ3) is 3.85. The second-order valence-electron chi connectivity index (χ2n) is 6.49. The van der Waals surface area contributed by atoms with Crippen LogP contribution in [0, 0.1) is 13.8 Å². The first-order chi connectivity index (χ1) is 12.0. The van der Waals surface area contributed by atoms with E-state index < -0.39 is 6.04 Å². The summed E-state index contributed by atoms with van der Waals surface area (Å²) in [6, 6.07) is 13.0. The Morgan fingerprint density at radius 3 is 2.64 bits per heavy atom. The van der Waals surface area contributed by atoms with Gasteiger partial charge in [0.25, 0.3) is 0 Å². The minimum absolute atomic E-state index is 0.00993. The monoisotopic (exact) mass is 356 g/mol. The molecule has 1 unspecified atom stereocenters. The van der Waals surface area contributed by atoms with Crippen LogP contribution in [0.25, 0.3) is 0 Å². The van der Waals surface area contributed by atoms with Crippen LogP contribution in [0.4, 0.5) is 5.69 Å². The van der Waals surface area contributed by atoms with Crippen LogP contribution in [-0.2, 0) is 16.1 Å². The minimum atomic E-state index is -0.468. The first-order valence-electron chi connectivity index (χ1n) is 8.36. The van der Waals surface area contributed by atoms with E-state index in [1.54, 1.807) is 4.90 Å². The molecule has 2 aromatic carbocycles. The van der Waals surface area contributed by atoms with Crippen molar-refractivity contribution >= 4 is 29.1 Å². The minimum Gasteiger partial charge on any atom is -0.326 e. The van der Waals surface area contributed by atoms with Crippen LogP contribution >= 0.6 is 11.6 Å². The molecular weight excluding hydrogens is 336 g/mol. The Morgan fingerprint density at radius 1 is 1.24 bits per heavy atom. The highest BCUT2D eigenvalue weighted by Gasteiger charge is 2.36. The number of benzene rings is 2. The van der Waals surface area contributed by atoms with E-state index in [4.69, 9.17) is 11.6 Å². The molecule has 1 heterocycles. The lowest BCUT2D eigenvalue weighted by atomic mass is 10.1. The highest BCUT2D eigenvalue weighted by Crippen LogP contribution is 2.29. The van der Waals surface area contributed by atoms with Crippen LogP contribution < -0.4 is 5.32 Å². The van der Waals surface area contributed by atoms with E-state index in [-0.39, 0.29) is 11.8 Å². The Labute approximate surface area is 152 Å². The Balaban J connectivity index is 1.78. The van der Waals surface area contributed by atoms with E-state index in [0.717, 1.165) is 16.7 Å². The van der Waals surface area contributed by atoms with E-state index >= 15 is 0 Å². The van der Waals surface area contributed by atoms with Gasteiger partial charge in [-0.25, -0.2) is 0 Å². The molecule has 5 heteroatoms. The molecule has 0 saturated carbocycles. The molecule has 2 aromatic rings. The summed E-state index contributed by atoms with van der Waals surface area (Å²) in [5, 5.41) is 3.44. The van der Waals surface area contributed by atoms with Crippen LogP contribution in [0.5, 0.6) is 0 Å². The zero-order chi connectivity index (χ0) is 18.0. The number of anilines is 1. The maximum Gasteiger partial charge on any atom is 0.247 e. The van der Waals surface area contributed by atoms with Crippen molar-refractivity contribution < 1.29 is 9.59 Å². The normalized spacial score (nSPS) is 17.0. The lowest BCUT2D eigenvalue weighted by Gasteiger charge is -2.25. The molecule has 1 aliphatic heterocycles. The van der Waals surface area contributed by atoms with Crippen LogP contribution in [0.15, 0.2) is 42.5 Å². The number of aryl methyl sites for hydroxylation is 2. The van der Waals surface area contributed by atoms with E-state index in [1.807, 2.05) is 56.3 Å². The molecule has 3 rings (SSSR count). The van der Waals surface area contributed by atoms with Gasteiger partial charge in [0.05, 0.1) is 10.7 Å². The number of rotatable bonds is 4. The van der Waals surface area contributed by atoms with Crippen molar-refractivity contribution in [1.82, 2.24) is 4.90 Å². The van der Waals surface area contributed by atoms with Crippen LogP contribution in [0.2, 0.25) is 5.02 Å². The van der Waals surface area contributed by atoms with Gasteiger partial charge in [-0.15, -0.1) is 0 Å². The van der Waals surface area contributed by atoms with Crippen molar-refractivity contribution in [2.75, 3.05) is 5.32 Å². The Kier molecular flexibility index (Phi) is 5.09. The fraction of sp³-hybridized carbons (Fsp3) is 0.300. The van der Waals surface area contributed by atoms with E-state index in [9.17, 15) is 9.59 Å². The summed E-state index contributed by atoms with van der Waals surface area (Å²) >= 11 is 6.29. The van der Waals surface area contributed by atoms with Crippen LogP contribution in [0.1, 0.15) is 29.5 Å². The SMILES string of the molecule is Cc1cc(C)c(NC(=O)C2CCC(=O)N2Cc2ccccc2)c(Cl)c1. The van der Waals surface area contributed by atoms with Gasteiger partial charge in [0.15, 0.2) is 0 Å². The Hall–Kier alpha value is -2.33. The molecule has 0 bridgehead atoms. The molecule has 4 nitrogen and oxygen atoms in total. The van der Waals surface area contributed by atoms with Gasteiger partial charge in [-0.1, -0.05) is 48.0 Å². The van der Waals surface area contributed by atoms with Gasteiger partial charge in [0, 0.05) is 13.0 Å². The molecule has 1 fully saturated rings. The second kappa shape index (κ2) is 7.28. The maximum absolute atomic E-state index is 12.8. The summed E-state index contributed by atoms with van der Waals surface area (Å²) in [5.74, 6) is -0.175. The van der Waals surface area contributed by atoms with E-state index in [1.165, 1.54) is 0 Å². The fourth-order valence-corrected chi connectivity index (χ4v) is 3.63. The lowest BCUT2D eigenvalue weighted by Crippen LogP contribution is -2.41. The zero-order valence-corrected chi connectivity index (χ0v) is 15.1. The fourth-order valence-electron chi connectivity index (χ4n) is 3.27. The molecule has 1 saturated heterocycles. The number of nitrogens with one attached hydrogen (secondary N) is 1. The Morgan fingerprint density at radius 2 is 1.96 bits per heavy atom. The number of hydrogen-bond acceptors (Lipinski definition) is 2. The molecule has 1 atom stereocenters. The molecular formula is C20H21ClN2O2. The summed E-state index contributed by atoms with van der Waals surface area (Å²) in [7, 11) is 0. The smallest absolute Gasteiger partial charge is 0.247 e. The predicted molar refractivity (Wildman–Crippen MR) is 99.6 cm³/mol. The third-order valence-electron chi connectivity index (χ3n) is 4.51. The topological polar surface area (TPSA) is 49.4 Å². The standard InChI is InChI=1S/C20H21ClN2O2/c1-13-10-14(2)19(16(21)11-13)22-20(25)17-8-9-18(24)23(17)12-15-6-4-3-5-7-15/h3-7,10-11,17H,8-9,12H2,1-2H3,(H,22,25). The summed E-state index contributed by atoms with van der Waals surface area (Å²) < 4.78 is 0. The average Bonchev–Trinajstić information content (AvgIpc) is 2.93. The molecule has 0 spiro atoms. The summed E-state index contributed by atoms with van der Waals surface area (Å²) in [5.41, 5.74) is 3.59. The van der Waals surface area contributed by atoms with Gasteiger partial charge in [-0.2, -0.15) is 0 Å². The average molecular weight is 357 g/mol. The molecule has 2 amide bonds. The van der Waals surface area contributed by atoms with Crippen molar-refractivity contribution in [3.8, 4) is 0 Å². The molecule has 0 aliphatic carbocycles. The lowest BCUT2D eigenvalue weighted by molar-refractivity contribution is -0.133. The third-order valence-corrected chi connectivity index (χ3v) is 4.80. The summed E-state index contributed by atoms with van der Waals surface area (Å²) in [4.78, 5) is 26.7. The van der Waals surface area contributed by atoms with Crippen LogP contribution in [0.3, 0.4) is 0 Å². The van der Waals surface area contributed by atoms with Crippen molar-refractivity contribution in [3.63, 3.8) is 0 Å². The number of nitrogens with zero attached hydrogens (tertiary/aromatic N) is 1. The summed E-state index contributed by atoms with van der Waals surface area (Å²) in [6.07, 6.45) is 0.922. The van der Waals surface area contributed by atoms with Gasteiger partial charge < -0.3 is 10.2 Å². The molecule has 0 aromatic heterocycles. The predicted octanol–water partition coefficient (Wildman–Crippen LogP) is 4.09. The van der Waals surface area contributed by atoms with Crippen LogP contribution in [-0.4, -0.2) is 22.8 Å². The number of likely N-dealkylation sites (tertiary alicyclic amines) is 1. The number of halogens is 1. The zero-order valence-electron chi connectivity index (χ0n) is 14.4. The number of carbonyl (C=O) groups is 2.